The number of hydrogen-bond acceptors (Lipinski definition) is 2. The van der Waals surface area contributed by atoms with E-state index in [2.05, 4.69) is 15.9 Å². The third-order valence-corrected chi connectivity index (χ3v) is 4.73. The molecule has 0 bridgehead atoms. The molecule has 0 aliphatic carbocycles. The summed E-state index contributed by atoms with van der Waals surface area (Å²) in [6.07, 6.45) is 0. The zero-order valence-electron chi connectivity index (χ0n) is 13.2. The van der Waals surface area contributed by atoms with E-state index in [0.29, 0.717) is 10.7 Å². The van der Waals surface area contributed by atoms with E-state index in [9.17, 15) is 13.6 Å². The summed E-state index contributed by atoms with van der Waals surface area (Å²) in [6.45, 7) is 0. The van der Waals surface area contributed by atoms with E-state index in [0.717, 1.165) is 12.1 Å². The predicted octanol–water partition coefficient (Wildman–Crippen LogP) is 4.55. The number of aromatic nitrogens is 2. The van der Waals surface area contributed by atoms with Crippen LogP contribution in [0, 0.1) is 11.6 Å². The highest BCUT2D eigenvalue weighted by molar-refractivity contribution is 9.10. The molecule has 3 aromatic rings. The predicted molar refractivity (Wildman–Crippen MR) is 95.6 cm³/mol. The molecule has 0 aliphatic heterocycles. The molecule has 0 saturated carbocycles. The Bertz CT molecular complexity index is 990. The average Bonchev–Trinajstić information content (AvgIpc) is 2.79. The number of rotatable bonds is 3. The normalized spacial score (nSPS) is 11.0. The third-order valence-electron chi connectivity index (χ3n) is 3.76. The van der Waals surface area contributed by atoms with Crippen LogP contribution in [0.3, 0.4) is 0 Å². The summed E-state index contributed by atoms with van der Waals surface area (Å²) >= 11 is 9.05. The highest BCUT2D eigenvalue weighted by atomic mass is 79.9. The molecule has 25 heavy (non-hydrogen) atoms. The van der Waals surface area contributed by atoms with Gasteiger partial charge in [-0.15, -0.1) is 0 Å². The quantitative estimate of drug-likeness (QED) is 0.613. The zero-order chi connectivity index (χ0) is 18.3. The third kappa shape index (κ3) is 2.98. The Labute approximate surface area is 155 Å². The molecule has 0 N–H and O–H groups in total. The van der Waals surface area contributed by atoms with Gasteiger partial charge in [-0.25, -0.2) is 18.1 Å². The summed E-state index contributed by atoms with van der Waals surface area (Å²) in [7, 11) is 2.82. The van der Waals surface area contributed by atoms with Crippen LogP contribution in [-0.4, -0.2) is 16.5 Å². The first-order valence-corrected chi connectivity index (χ1v) is 8.29. The Kier molecular flexibility index (Phi) is 4.71. The molecule has 1 heterocycles. The number of halogens is 4. The van der Waals surface area contributed by atoms with Gasteiger partial charge in [-0.3, -0.25) is 4.79 Å². The van der Waals surface area contributed by atoms with Crippen LogP contribution in [0.2, 0.25) is 5.02 Å². The van der Waals surface area contributed by atoms with Gasteiger partial charge in [0.2, 0.25) is 0 Å². The molecule has 0 radical (unpaired) electrons. The Hall–Kier alpha value is -2.12. The van der Waals surface area contributed by atoms with Crippen molar-refractivity contribution >= 4 is 27.5 Å². The zero-order valence-corrected chi connectivity index (χ0v) is 15.5. The summed E-state index contributed by atoms with van der Waals surface area (Å²) < 4.78 is 36.7. The minimum atomic E-state index is -0.842. The molecule has 8 heteroatoms. The van der Waals surface area contributed by atoms with Gasteiger partial charge in [-0.2, -0.15) is 0 Å². The minimum absolute atomic E-state index is 0.0474. The summed E-state index contributed by atoms with van der Waals surface area (Å²) in [4.78, 5) is 12.4. The summed E-state index contributed by atoms with van der Waals surface area (Å²) in [5.41, 5.74) is -0.174. The van der Waals surface area contributed by atoms with Gasteiger partial charge in [0, 0.05) is 24.2 Å². The number of methoxy groups -OCH3 is 1. The van der Waals surface area contributed by atoms with Crippen LogP contribution < -0.4 is 10.3 Å². The second-order valence-corrected chi connectivity index (χ2v) is 6.48. The van der Waals surface area contributed by atoms with E-state index in [-0.39, 0.29) is 21.5 Å². The van der Waals surface area contributed by atoms with Gasteiger partial charge in [0.25, 0.3) is 5.56 Å². The Balaban J connectivity index is 2.37. The van der Waals surface area contributed by atoms with Gasteiger partial charge in [0.05, 0.1) is 24.1 Å². The average molecular weight is 430 g/mol. The Morgan fingerprint density at radius 1 is 1.12 bits per heavy atom. The van der Waals surface area contributed by atoms with E-state index in [4.69, 9.17) is 16.3 Å². The molecule has 0 atom stereocenters. The Morgan fingerprint density at radius 3 is 2.20 bits per heavy atom. The van der Waals surface area contributed by atoms with Crippen LogP contribution in [0.15, 0.2) is 45.7 Å². The number of hydrogen-bond donors (Lipinski definition) is 0. The van der Waals surface area contributed by atoms with Crippen molar-refractivity contribution in [1.82, 2.24) is 9.36 Å². The maximum absolute atomic E-state index is 14.6. The highest BCUT2D eigenvalue weighted by Crippen LogP contribution is 2.35. The summed E-state index contributed by atoms with van der Waals surface area (Å²) in [5.74, 6) is -1.64. The molecular weight excluding hydrogens is 418 g/mol. The molecule has 1 aromatic heterocycles. The molecule has 0 aliphatic rings. The van der Waals surface area contributed by atoms with Gasteiger partial charge in [-0.05, 0) is 40.2 Å². The monoisotopic (exact) mass is 428 g/mol. The lowest BCUT2D eigenvalue weighted by molar-refractivity contribution is 0.407. The lowest BCUT2D eigenvalue weighted by atomic mass is 10.1. The molecule has 130 valence electrons. The van der Waals surface area contributed by atoms with E-state index in [1.807, 2.05) is 0 Å². The summed E-state index contributed by atoms with van der Waals surface area (Å²) in [6, 6.07) is 8.68. The Morgan fingerprint density at radius 2 is 1.68 bits per heavy atom. The smallest absolute Gasteiger partial charge is 0.281 e. The fourth-order valence-corrected chi connectivity index (χ4v) is 3.32. The van der Waals surface area contributed by atoms with Gasteiger partial charge >= 0.3 is 0 Å². The van der Waals surface area contributed by atoms with E-state index < -0.39 is 17.2 Å². The van der Waals surface area contributed by atoms with Crippen molar-refractivity contribution in [3.8, 4) is 22.7 Å². The van der Waals surface area contributed by atoms with Crippen molar-refractivity contribution in [2.75, 3.05) is 7.11 Å². The van der Waals surface area contributed by atoms with Crippen LogP contribution in [0.4, 0.5) is 8.78 Å². The SMILES string of the molecule is COc1cc(F)c(-c2c(Br)c(=O)n(C)n2-c2ccc(Cl)cc2)c(F)c1. The topological polar surface area (TPSA) is 36.2 Å². The number of benzene rings is 2. The fraction of sp³-hybridized carbons (Fsp3) is 0.118. The van der Waals surface area contributed by atoms with Gasteiger partial charge < -0.3 is 4.74 Å². The maximum Gasteiger partial charge on any atom is 0.281 e. The molecule has 3 rings (SSSR count). The van der Waals surface area contributed by atoms with E-state index in [1.54, 1.807) is 24.3 Å². The van der Waals surface area contributed by atoms with Crippen LogP contribution >= 0.6 is 27.5 Å². The molecule has 0 unspecified atom stereocenters. The van der Waals surface area contributed by atoms with Crippen molar-refractivity contribution in [2.24, 2.45) is 7.05 Å². The second-order valence-electron chi connectivity index (χ2n) is 5.25. The first-order valence-electron chi connectivity index (χ1n) is 7.12. The molecule has 0 spiro atoms. The number of ether oxygens (including phenoxy) is 1. The maximum atomic E-state index is 14.6. The van der Waals surface area contributed by atoms with Crippen molar-refractivity contribution < 1.29 is 13.5 Å². The van der Waals surface area contributed by atoms with Crippen molar-refractivity contribution in [3.63, 3.8) is 0 Å². The molecule has 0 fully saturated rings. The first kappa shape index (κ1) is 17.7. The second kappa shape index (κ2) is 6.65. The lowest BCUT2D eigenvalue weighted by Crippen LogP contribution is -2.18. The summed E-state index contributed by atoms with van der Waals surface area (Å²) in [5, 5.41) is 0.503. The molecule has 0 amide bonds. The van der Waals surface area contributed by atoms with Gasteiger partial charge in [-0.1, -0.05) is 11.6 Å². The highest BCUT2D eigenvalue weighted by Gasteiger charge is 2.25. The largest absolute Gasteiger partial charge is 0.497 e. The fourth-order valence-electron chi connectivity index (χ4n) is 2.57. The molecule has 2 aromatic carbocycles. The van der Waals surface area contributed by atoms with Gasteiger partial charge in [0.15, 0.2) is 0 Å². The van der Waals surface area contributed by atoms with E-state index >= 15 is 0 Å². The van der Waals surface area contributed by atoms with E-state index in [1.165, 1.54) is 23.5 Å². The van der Waals surface area contributed by atoms with Crippen LogP contribution in [0.25, 0.3) is 16.9 Å². The van der Waals surface area contributed by atoms with Crippen LogP contribution in [-0.2, 0) is 7.05 Å². The molecular formula is C17H12BrClF2N2O2. The minimum Gasteiger partial charge on any atom is -0.497 e. The van der Waals surface area contributed by atoms with Crippen LogP contribution in [0.1, 0.15) is 0 Å². The molecule has 4 nitrogen and oxygen atoms in total. The van der Waals surface area contributed by atoms with Crippen molar-refractivity contribution in [1.29, 1.82) is 0 Å². The van der Waals surface area contributed by atoms with Crippen molar-refractivity contribution in [2.45, 2.75) is 0 Å². The number of nitrogens with zero attached hydrogens (tertiary/aromatic N) is 2. The van der Waals surface area contributed by atoms with Crippen LogP contribution in [0.5, 0.6) is 5.75 Å². The molecule has 0 saturated heterocycles. The lowest BCUT2D eigenvalue weighted by Gasteiger charge is -2.14. The standard InChI is InChI=1S/C17H12BrClF2N2O2/c1-22-17(24)15(18)16(23(22)10-5-3-9(19)4-6-10)14-12(20)7-11(25-2)8-13(14)21/h3-8H,1-2H3. The van der Waals surface area contributed by atoms with Gasteiger partial charge in [0.1, 0.15) is 21.9 Å². The first-order chi connectivity index (χ1) is 11.8. The van der Waals surface area contributed by atoms with Crippen molar-refractivity contribution in [3.05, 3.63) is 67.9 Å².